The minimum absolute atomic E-state index is 0.251. The summed E-state index contributed by atoms with van der Waals surface area (Å²) in [6.07, 6.45) is 4.69. The Kier molecular flexibility index (Phi) is 6.39. The van der Waals surface area contributed by atoms with Crippen LogP contribution in [0.15, 0.2) is 60.8 Å². The van der Waals surface area contributed by atoms with Crippen LogP contribution in [0.4, 0.5) is 0 Å². The highest BCUT2D eigenvalue weighted by molar-refractivity contribution is 5.93. The maximum Gasteiger partial charge on any atom is 0.331 e. The Bertz CT molecular complexity index is 1070. The van der Waals surface area contributed by atoms with Gasteiger partial charge in [0.2, 0.25) is 0 Å². The molecular formula is C24H24N2O3. The molecule has 1 amide bonds. The zero-order valence-electron chi connectivity index (χ0n) is 16.9. The van der Waals surface area contributed by atoms with Crippen molar-refractivity contribution in [2.45, 2.75) is 20.4 Å². The molecular weight excluding hydrogens is 364 g/mol. The van der Waals surface area contributed by atoms with Crippen LogP contribution in [0.25, 0.3) is 17.0 Å². The van der Waals surface area contributed by atoms with Gasteiger partial charge < -0.3 is 9.64 Å². The van der Waals surface area contributed by atoms with Crippen molar-refractivity contribution >= 4 is 28.9 Å². The summed E-state index contributed by atoms with van der Waals surface area (Å²) in [5.74, 6) is -0.815. The van der Waals surface area contributed by atoms with Crippen molar-refractivity contribution in [1.82, 2.24) is 9.88 Å². The third-order valence-corrected chi connectivity index (χ3v) is 4.73. The minimum Gasteiger partial charge on any atom is -0.452 e. The molecule has 0 radical (unpaired) electrons. The molecule has 3 aromatic rings. The fourth-order valence-corrected chi connectivity index (χ4v) is 3.08. The van der Waals surface area contributed by atoms with E-state index in [-0.39, 0.29) is 12.5 Å². The van der Waals surface area contributed by atoms with Crippen LogP contribution in [-0.4, -0.2) is 35.4 Å². The second kappa shape index (κ2) is 9.15. The van der Waals surface area contributed by atoms with E-state index in [1.165, 1.54) is 11.6 Å². The van der Waals surface area contributed by atoms with Gasteiger partial charge in [0.25, 0.3) is 5.91 Å². The van der Waals surface area contributed by atoms with Gasteiger partial charge in [0.05, 0.1) is 5.52 Å². The number of carbonyl (C=O) groups is 2. The molecule has 0 aliphatic rings. The van der Waals surface area contributed by atoms with E-state index in [1.54, 1.807) is 24.2 Å². The number of pyridine rings is 1. The molecule has 5 heteroatoms. The topological polar surface area (TPSA) is 59.5 Å². The van der Waals surface area contributed by atoms with E-state index in [1.807, 2.05) is 56.3 Å². The number of rotatable bonds is 6. The fourth-order valence-electron chi connectivity index (χ4n) is 3.08. The third-order valence-electron chi connectivity index (χ3n) is 4.73. The Morgan fingerprint density at radius 1 is 1.10 bits per heavy atom. The number of para-hydroxylation sites is 1. The molecule has 0 atom stereocenters. The molecule has 0 aliphatic carbocycles. The van der Waals surface area contributed by atoms with E-state index in [0.717, 1.165) is 27.6 Å². The lowest BCUT2D eigenvalue weighted by Gasteiger charge is -2.18. The SMILES string of the molecule is Cc1ccc(CN(C)C(=O)COC(=O)/C=C/c2cccc3cccnc23)c(C)c1. The highest BCUT2D eigenvalue weighted by atomic mass is 16.5. The van der Waals surface area contributed by atoms with Gasteiger partial charge in [-0.3, -0.25) is 9.78 Å². The number of amides is 1. The van der Waals surface area contributed by atoms with Gasteiger partial charge >= 0.3 is 5.97 Å². The summed E-state index contributed by atoms with van der Waals surface area (Å²) in [6.45, 7) is 4.24. The zero-order chi connectivity index (χ0) is 20.8. The first kappa shape index (κ1) is 20.3. The van der Waals surface area contributed by atoms with E-state index in [0.29, 0.717) is 6.54 Å². The third kappa shape index (κ3) is 5.29. The number of nitrogens with zero attached hydrogens (tertiary/aromatic N) is 2. The van der Waals surface area contributed by atoms with Crippen molar-refractivity contribution < 1.29 is 14.3 Å². The smallest absolute Gasteiger partial charge is 0.331 e. The summed E-state index contributed by atoms with van der Waals surface area (Å²) in [5.41, 5.74) is 5.01. The zero-order valence-corrected chi connectivity index (χ0v) is 16.9. The number of ether oxygens (including phenoxy) is 1. The lowest BCUT2D eigenvalue weighted by Crippen LogP contribution is -2.30. The molecule has 0 unspecified atom stereocenters. The maximum atomic E-state index is 12.3. The second-order valence-electron chi connectivity index (χ2n) is 7.04. The summed E-state index contributed by atoms with van der Waals surface area (Å²) >= 11 is 0. The predicted octanol–water partition coefficient (Wildman–Crippen LogP) is 4.07. The van der Waals surface area contributed by atoms with Crippen LogP contribution in [-0.2, 0) is 20.9 Å². The maximum absolute atomic E-state index is 12.3. The van der Waals surface area contributed by atoms with Gasteiger partial charge in [0, 0.05) is 36.8 Å². The van der Waals surface area contributed by atoms with E-state index >= 15 is 0 Å². The Hall–Kier alpha value is -3.47. The van der Waals surface area contributed by atoms with Gasteiger partial charge in [0.15, 0.2) is 6.61 Å². The Morgan fingerprint density at radius 3 is 2.69 bits per heavy atom. The molecule has 0 fully saturated rings. The molecule has 2 aromatic carbocycles. The molecule has 0 saturated heterocycles. The Balaban J connectivity index is 1.55. The van der Waals surface area contributed by atoms with E-state index in [2.05, 4.69) is 11.1 Å². The molecule has 0 bridgehead atoms. The normalized spacial score (nSPS) is 11.0. The first-order valence-corrected chi connectivity index (χ1v) is 9.43. The number of esters is 1. The number of hydrogen-bond acceptors (Lipinski definition) is 4. The number of benzene rings is 2. The number of carbonyl (C=O) groups excluding carboxylic acids is 2. The largest absolute Gasteiger partial charge is 0.452 e. The highest BCUT2D eigenvalue weighted by Crippen LogP contribution is 2.17. The van der Waals surface area contributed by atoms with Crippen LogP contribution in [0.3, 0.4) is 0 Å². The number of aromatic nitrogens is 1. The Labute approximate surface area is 170 Å². The molecule has 29 heavy (non-hydrogen) atoms. The molecule has 0 spiro atoms. The monoisotopic (exact) mass is 388 g/mol. The molecule has 1 heterocycles. The van der Waals surface area contributed by atoms with Crippen molar-refractivity contribution in [3.05, 3.63) is 83.1 Å². The van der Waals surface area contributed by atoms with Crippen LogP contribution in [0, 0.1) is 13.8 Å². The van der Waals surface area contributed by atoms with Gasteiger partial charge in [-0.25, -0.2) is 4.79 Å². The summed E-state index contributed by atoms with van der Waals surface area (Å²) in [4.78, 5) is 30.2. The highest BCUT2D eigenvalue weighted by Gasteiger charge is 2.12. The number of aryl methyl sites for hydroxylation is 2. The standard InChI is InChI=1S/C24H24N2O3/c1-17-9-10-21(18(2)14-17)15-26(3)22(27)16-29-23(28)12-11-20-7-4-6-19-8-5-13-25-24(19)20/h4-14H,15-16H2,1-3H3/b12-11+. The minimum atomic E-state index is -0.564. The van der Waals surface area contributed by atoms with Crippen molar-refractivity contribution in [3.63, 3.8) is 0 Å². The van der Waals surface area contributed by atoms with Crippen molar-refractivity contribution in [3.8, 4) is 0 Å². The summed E-state index contributed by atoms with van der Waals surface area (Å²) in [7, 11) is 1.70. The average Bonchev–Trinajstić information content (AvgIpc) is 2.72. The summed E-state index contributed by atoms with van der Waals surface area (Å²) in [6, 6.07) is 15.7. The first-order chi connectivity index (χ1) is 13.9. The molecule has 148 valence electrons. The summed E-state index contributed by atoms with van der Waals surface area (Å²) in [5, 5.41) is 0.992. The van der Waals surface area contributed by atoms with E-state index < -0.39 is 5.97 Å². The second-order valence-corrected chi connectivity index (χ2v) is 7.04. The molecule has 0 N–H and O–H groups in total. The van der Waals surface area contributed by atoms with Crippen molar-refractivity contribution in [1.29, 1.82) is 0 Å². The Morgan fingerprint density at radius 2 is 1.90 bits per heavy atom. The van der Waals surface area contributed by atoms with Gasteiger partial charge in [-0.1, -0.05) is 48.0 Å². The van der Waals surface area contributed by atoms with Crippen LogP contribution in [0.1, 0.15) is 22.3 Å². The molecule has 1 aromatic heterocycles. The first-order valence-electron chi connectivity index (χ1n) is 9.43. The van der Waals surface area contributed by atoms with E-state index in [4.69, 9.17) is 4.74 Å². The van der Waals surface area contributed by atoms with Crippen molar-refractivity contribution in [2.75, 3.05) is 13.7 Å². The van der Waals surface area contributed by atoms with Gasteiger partial charge in [0.1, 0.15) is 0 Å². The summed E-state index contributed by atoms with van der Waals surface area (Å²) < 4.78 is 5.11. The fraction of sp³-hybridized carbons (Fsp3) is 0.208. The number of likely N-dealkylation sites (N-methyl/N-ethyl adjacent to an activating group) is 1. The molecule has 3 rings (SSSR count). The molecule has 0 aliphatic heterocycles. The van der Waals surface area contributed by atoms with Crippen LogP contribution in [0.2, 0.25) is 0 Å². The molecule has 5 nitrogen and oxygen atoms in total. The number of fused-ring (bicyclic) bond motifs is 1. The molecule has 0 saturated carbocycles. The van der Waals surface area contributed by atoms with E-state index in [9.17, 15) is 9.59 Å². The van der Waals surface area contributed by atoms with Gasteiger partial charge in [-0.2, -0.15) is 0 Å². The quantitative estimate of drug-likeness (QED) is 0.472. The van der Waals surface area contributed by atoms with Crippen LogP contribution < -0.4 is 0 Å². The number of hydrogen-bond donors (Lipinski definition) is 0. The lowest BCUT2D eigenvalue weighted by atomic mass is 10.1. The van der Waals surface area contributed by atoms with Crippen LogP contribution >= 0.6 is 0 Å². The predicted molar refractivity (Wildman–Crippen MR) is 114 cm³/mol. The lowest BCUT2D eigenvalue weighted by molar-refractivity contribution is -0.147. The average molecular weight is 388 g/mol. The van der Waals surface area contributed by atoms with Crippen LogP contribution in [0.5, 0.6) is 0 Å². The van der Waals surface area contributed by atoms with Crippen molar-refractivity contribution in [2.24, 2.45) is 0 Å². The van der Waals surface area contributed by atoms with Gasteiger partial charge in [-0.05, 0) is 37.1 Å². The van der Waals surface area contributed by atoms with Gasteiger partial charge in [-0.15, -0.1) is 0 Å².